The molecule has 4 aromatic heterocycles. The van der Waals surface area contributed by atoms with E-state index in [9.17, 15) is 23.2 Å². The van der Waals surface area contributed by atoms with E-state index in [2.05, 4.69) is 52.5 Å². The van der Waals surface area contributed by atoms with Crippen LogP contribution in [-0.4, -0.2) is 133 Å². The summed E-state index contributed by atoms with van der Waals surface area (Å²) < 4.78 is 54.8. The van der Waals surface area contributed by atoms with E-state index < -0.39 is 36.2 Å². The Bertz CT molecular complexity index is 2650. The van der Waals surface area contributed by atoms with Crippen molar-refractivity contribution in [3.63, 3.8) is 0 Å². The molecule has 1 unspecified atom stereocenters. The fraction of sp³-hybridized carbons (Fsp3) is 0.543. The predicted octanol–water partition coefficient (Wildman–Crippen LogP) is 4.88. The molecule has 1 aliphatic carbocycles. The number of carbonyl (C=O) groups is 3. The van der Waals surface area contributed by atoms with E-state index in [1.54, 1.807) is 22.6 Å². The number of nitrogens with one attached hydrogen (secondary N) is 2. The molecule has 0 radical (unpaired) electrons. The number of halogens is 3. The lowest BCUT2D eigenvalue weighted by atomic mass is 9.85. The molecule has 5 fully saturated rings. The molecule has 2 N–H and O–H groups in total. The van der Waals surface area contributed by atoms with Gasteiger partial charge in [0.25, 0.3) is 12.3 Å². The van der Waals surface area contributed by atoms with Gasteiger partial charge in [-0.2, -0.15) is 15.3 Å². The van der Waals surface area contributed by atoms with E-state index in [1.807, 2.05) is 24.3 Å². The van der Waals surface area contributed by atoms with Crippen LogP contribution in [0.15, 0.2) is 42.9 Å². The minimum absolute atomic E-state index is 0.0318. The van der Waals surface area contributed by atoms with E-state index in [0.29, 0.717) is 48.1 Å². The van der Waals surface area contributed by atoms with Gasteiger partial charge in [0, 0.05) is 76.4 Å². The molecule has 4 saturated heterocycles. The van der Waals surface area contributed by atoms with Gasteiger partial charge >= 0.3 is 0 Å². The van der Waals surface area contributed by atoms with Gasteiger partial charge < -0.3 is 19.9 Å². The second kappa shape index (κ2) is 18.2. The molecule has 19 heteroatoms. The molecule has 1 saturated carbocycles. The van der Waals surface area contributed by atoms with Crippen LogP contribution in [0.2, 0.25) is 0 Å². The van der Waals surface area contributed by atoms with Crippen LogP contribution in [0.4, 0.5) is 24.7 Å². The number of aryl methyl sites for hydroxylation is 1. The Kier molecular flexibility index (Phi) is 12.1. The van der Waals surface area contributed by atoms with Gasteiger partial charge in [-0.3, -0.25) is 34.0 Å². The number of hydrogen-bond acceptors (Lipinski definition) is 11. The zero-order valence-corrected chi connectivity index (χ0v) is 36.3. The molecule has 16 nitrogen and oxygen atoms in total. The Morgan fingerprint density at radius 1 is 0.985 bits per heavy atom. The first-order valence-corrected chi connectivity index (χ1v) is 22.8. The second-order valence-corrected chi connectivity index (χ2v) is 18.3. The first kappa shape index (κ1) is 43.1. The maximum absolute atomic E-state index is 15.5. The Hall–Kier alpha value is -5.84. The molecule has 65 heavy (non-hydrogen) atoms. The number of para-hydroxylation sites is 1. The number of rotatable bonds is 12. The summed E-state index contributed by atoms with van der Waals surface area (Å²) >= 11 is 0. The van der Waals surface area contributed by atoms with E-state index in [-0.39, 0.29) is 48.7 Å². The van der Waals surface area contributed by atoms with Crippen molar-refractivity contribution < 1.29 is 32.3 Å². The van der Waals surface area contributed by atoms with Crippen LogP contribution >= 0.6 is 0 Å². The summed E-state index contributed by atoms with van der Waals surface area (Å²) in [6.07, 6.45) is 5.64. The number of fused-ring (bicyclic) bond motifs is 2. The van der Waals surface area contributed by atoms with E-state index in [1.165, 1.54) is 23.3 Å². The molecule has 1 aromatic carbocycles. The molecule has 3 amide bonds. The van der Waals surface area contributed by atoms with Crippen LogP contribution in [0.5, 0.6) is 0 Å². The van der Waals surface area contributed by atoms with Crippen LogP contribution in [0.3, 0.4) is 0 Å². The number of piperidine rings is 2. The molecule has 5 aromatic rings. The Morgan fingerprint density at radius 2 is 1.80 bits per heavy atom. The molecular formula is C46H53F3N12O4. The molecule has 0 bridgehead atoms. The Labute approximate surface area is 373 Å². The van der Waals surface area contributed by atoms with E-state index in [4.69, 9.17) is 9.72 Å². The van der Waals surface area contributed by atoms with Crippen molar-refractivity contribution in [2.45, 2.75) is 82.0 Å². The lowest BCUT2D eigenvalue weighted by Gasteiger charge is -2.44. The van der Waals surface area contributed by atoms with Gasteiger partial charge in [0.05, 0.1) is 46.7 Å². The summed E-state index contributed by atoms with van der Waals surface area (Å²) in [5, 5.41) is 19.1. The molecule has 5 aliphatic rings. The van der Waals surface area contributed by atoms with Crippen molar-refractivity contribution in [3.8, 4) is 11.8 Å². The van der Waals surface area contributed by atoms with Crippen molar-refractivity contribution in [3.05, 3.63) is 65.4 Å². The summed E-state index contributed by atoms with van der Waals surface area (Å²) in [7, 11) is 1.80. The third-order valence-corrected chi connectivity index (χ3v) is 13.9. The number of aromatic nitrogens is 7. The number of alkyl halides is 3. The summed E-state index contributed by atoms with van der Waals surface area (Å²) in [5.41, 5.74) is 2.15. The zero-order valence-electron chi connectivity index (χ0n) is 36.3. The van der Waals surface area contributed by atoms with Crippen molar-refractivity contribution in [2.24, 2.45) is 18.9 Å². The number of carbonyl (C=O) groups excluding carboxylic acids is 3. The number of imide groups is 1. The molecule has 0 spiro atoms. The van der Waals surface area contributed by atoms with Gasteiger partial charge in [-0.05, 0) is 76.1 Å². The van der Waals surface area contributed by atoms with Gasteiger partial charge in [-0.1, -0.05) is 24.0 Å². The average molecular weight is 895 g/mol. The van der Waals surface area contributed by atoms with Crippen LogP contribution in [-0.2, 0) is 21.4 Å². The van der Waals surface area contributed by atoms with Crippen LogP contribution in [0, 0.1) is 23.7 Å². The normalized spacial score (nSPS) is 24.5. The minimum Gasteiger partial charge on any atom is -0.362 e. The highest BCUT2D eigenvalue weighted by Crippen LogP contribution is 2.37. The fourth-order valence-electron chi connectivity index (χ4n) is 10.3. The van der Waals surface area contributed by atoms with Gasteiger partial charge in [0.15, 0.2) is 11.3 Å². The molecule has 342 valence electrons. The quantitative estimate of drug-likeness (QED) is 0.130. The van der Waals surface area contributed by atoms with Crippen LogP contribution in [0.1, 0.15) is 97.1 Å². The summed E-state index contributed by atoms with van der Waals surface area (Å²) in [6, 6.07) is 7.40. The molecular weight excluding hydrogens is 842 g/mol. The first-order chi connectivity index (χ1) is 31.5. The predicted molar refractivity (Wildman–Crippen MR) is 234 cm³/mol. The van der Waals surface area contributed by atoms with Crippen molar-refractivity contribution in [1.29, 1.82) is 0 Å². The monoisotopic (exact) mass is 894 g/mol. The summed E-state index contributed by atoms with van der Waals surface area (Å²) in [5.74, 6) is 6.14. The van der Waals surface area contributed by atoms with Gasteiger partial charge in [0.1, 0.15) is 24.2 Å². The minimum atomic E-state index is -2.89. The largest absolute Gasteiger partial charge is 0.362 e. The van der Waals surface area contributed by atoms with E-state index in [0.717, 1.165) is 81.7 Å². The van der Waals surface area contributed by atoms with Gasteiger partial charge in [0.2, 0.25) is 11.8 Å². The number of amides is 3. The van der Waals surface area contributed by atoms with Crippen molar-refractivity contribution >= 4 is 45.8 Å². The molecule has 8 heterocycles. The highest BCUT2D eigenvalue weighted by atomic mass is 19.3. The fourth-order valence-corrected chi connectivity index (χ4v) is 10.3. The topological polar surface area (TPSA) is 160 Å². The average Bonchev–Trinajstić information content (AvgIpc) is 3.98. The van der Waals surface area contributed by atoms with Crippen LogP contribution in [0.25, 0.3) is 16.6 Å². The number of ether oxygens (including phenoxy) is 1. The maximum Gasteiger partial charge on any atom is 0.284 e. The SMILES string of the molecule is Cn1nc(C2CCC(=O)NC2=O)c2cccc(C#CCO[C@H]3CCN(C[C@H]4CC[C@H](n5cc(NC(=O)c6cnn7ccc(N8CC(CN9CCC9)C8)nc67)c(C(F)F)n5)CC4)C[C@H]3F)c21. The number of likely N-dealkylation sites (tertiary alicyclic amines) is 2. The maximum atomic E-state index is 15.5. The van der Waals surface area contributed by atoms with E-state index >= 15 is 4.39 Å². The Balaban J connectivity index is 0.695. The number of hydrogen-bond donors (Lipinski definition) is 2. The van der Waals surface area contributed by atoms with Crippen molar-refractivity contribution in [1.82, 2.24) is 49.3 Å². The van der Waals surface area contributed by atoms with Crippen LogP contribution < -0.4 is 15.5 Å². The lowest BCUT2D eigenvalue weighted by Crippen LogP contribution is -2.54. The first-order valence-electron chi connectivity index (χ1n) is 22.8. The number of anilines is 2. The third kappa shape index (κ3) is 8.95. The smallest absolute Gasteiger partial charge is 0.284 e. The van der Waals surface area contributed by atoms with Crippen molar-refractivity contribution in [2.75, 3.05) is 69.2 Å². The summed E-state index contributed by atoms with van der Waals surface area (Å²) in [4.78, 5) is 49.3. The number of nitrogens with zero attached hydrogens (tertiary/aromatic N) is 10. The molecule has 3 atom stereocenters. The standard InChI is InChI=1S/C46H53F3N12O4/c1-56-42-30(5-2-7-32(42)40(54-56)33-12-13-39(62)53-45(33)63)6-3-20-65-37-14-18-58(26-35(37)47)22-28-8-10-31(11-9-28)61-27-36(41(55-61)43(48)49)51-46(64)34-21-50-60-19-15-38(52-44(34)60)59-24-29(25-59)23-57-16-4-17-57/h2,5,7,15,19,21,27-29,31,33,35,37,43H,4,8-14,16-18,20,22-26H2,1H3,(H,51,64)(H,53,62,63)/t28-,31-,33?,35-,37+/m1/s1. The van der Waals surface area contributed by atoms with Gasteiger partial charge in [-0.25, -0.2) is 22.7 Å². The Morgan fingerprint density at radius 3 is 2.55 bits per heavy atom. The highest BCUT2D eigenvalue weighted by molar-refractivity contribution is 6.08. The third-order valence-electron chi connectivity index (χ3n) is 13.9. The molecule has 10 rings (SSSR count). The number of benzene rings is 1. The van der Waals surface area contributed by atoms with Gasteiger partial charge in [-0.15, -0.1) is 0 Å². The summed E-state index contributed by atoms with van der Waals surface area (Å²) in [6.45, 7) is 6.96. The highest BCUT2D eigenvalue weighted by Gasteiger charge is 2.35. The second-order valence-electron chi connectivity index (χ2n) is 18.3. The lowest BCUT2D eigenvalue weighted by molar-refractivity contribution is -0.134. The zero-order chi connectivity index (χ0) is 44.8. The molecule has 4 aliphatic heterocycles.